The van der Waals surface area contributed by atoms with Gasteiger partial charge in [-0.1, -0.05) is 28.1 Å². The van der Waals surface area contributed by atoms with Gasteiger partial charge in [-0.3, -0.25) is 9.59 Å². The van der Waals surface area contributed by atoms with E-state index in [2.05, 4.69) is 21.2 Å². The zero-order valence-corrected chi connectivity index (χ0v) is 16.6. The molecule has 1 aliphatic rings. The summed E-state index contributed by atoms with van der Waals surface area (Å²) in [7, 11) is 0. The van der Waals surface area contributed by atoms with Crippen molar-refractivity contribution in [3.63, 3.8) is 0 Å². The molecule has 1 heterocycles. The second-order valence-electron chi connectivity index (χ2n) is 6.55. The van der Waals surface area contributed by atoms with Gasteiger partial charge in [0.25, 0.3) is 5.91 Å². The summed E-state index contributed by atoms with van der Waals surface area (Å²) in [6, 6.07) is 10.3. The molecule has 0 radical (unpaired) electrons. The molecule has 0 aliphatic carbocycles. The first kappa shape index (κ1) is 20.2. The van der Waals surface area contributed by atoms with E-state index in [1.807, 2.05) is 0 Å². The number of carbonyl (C=O) groups is 2. The number of nitrogens with zero attached hydrogens (tertiary/aromatic N) is 1. The first-order valence-electron chi connectivity index (χ1n) is 8.91. The van der Waals surface area contributed by atoms with Crippen LogP contribution in [-0.2, 0) is 4.79 Å². The number of nitrogens with one attached hydrogen (secondary N) is 1. The molecule has 7 heteroatoms. The van der Waals surface area contributed by atoms with E-state index < -0.39 is 11.6 Å². The fourth-order valence-corrected chi connectivity index (χ4v) is 3.47. The molecule has 0 bridgehead atoms. The monoisotopic (exact) mass is 448 g/mol. The average molecular weight is 449 g/mol. The molecule has 1 fully saturated rings. The van der Waals surface area contributed by atoms with Crippen molar-refractivity contribution in [2.24, 2.45) is 0 Å². The molecular weight excluding hydrogens is 430 g/mol. The normalized spacial score (nSPS) is 15.0. The van der Waals surface area contributed by atoms with Crippen LogP contribution in [-0.4, -0.2) is 35.8 Å². The first-order valence-corrected chi connectivity index (χ1v) is 9.71. The van der Waals surface area contributed by atoms with Crippen molar-refractivity contribution in [2.45, 2.75) is 18.9 Å². The Kier molecular flexibility index (Phi) is 6.57. The van der Waals surface area contributed by atoms with E-state index in [1.165, 1.54) is 30.4 Å². The summed E-state index contributed by atoms with van der Waals surface area (Å²) in [4.78, 5) is 26.1. The topological polar surface area (TPSA) is 49.4 Å². The zero-order chi connectivity index (χ0) is 20.1. The van der Waals surface area contributed by atoms with Crippen LogP contribution in [0.5, 0.6) is 0 Å². The smallest absolute Gasteiger partial charge is 0.256 e. The lowest BCUT2D eigenvalue weighted by molar-refractivity contribution is -0.117. The minimum absolute atomic E-state index is 0.0592. The van der Waals surface area contributed by atoms with Crippen molar-refractivity contribution >= 4 is 33.8 Å². The van der Waals surface area contributed by atoms with Gasteiger partial charge in [-0.15, -0.1) is 0 Å². The predicted octanol–water partition coefficient (Wildman–Crippen LogP) is 4.16. The summed E-state index contributed by atoms with van der Waals surface area (Å²) in [5.74, 6) is -1.61. The second-order valence-corrected chi connectivity index (χ2v) is 7.47. The van der Waals surface area contributed by atoms with Gasteiger partial charge in [-0.2, -0.15) is 0 Å². The van der Waals surface area contributed by atoms with Crippen LogP contribution >= 0.6 is 15.9 Å². The Morgan fingerprint density at radius 3 is 2.50 bits per heavy atom. The van der Waals surface area contributed by atoms with Crippen molar-refractivity contribution in [1.29, 1.82) is 0 Å². The largest absolute Gasteiger partial charge is 0.350 e. The number of piperidine rings is 1. The fourth-order valence-electron chi connectivity index (χ4n) is 3.09. The van der Waals surface area contributed by atoms with E-state index in [-0.39, 0.29) is 23.4 Å². The molecule has 3 rings (SSSR count). The van der Waals surface area contributed by atoms with Gasteiger partial charge in [0.15, 0.2) is 0 Å². The molecule has 2 amide bonds. The summed E-state index contributed by atoms with van der Waals surface area (Å²) in [5, 5.41) is 2.86. The third-order valence-corrected chi connectivity index (χ3v) is 5.10. The maximum absolute atomic E-state index is 13.8. The van der Waals surface area contributed by atoms with E-state index in [0.29, 0.717) is 31.5 Å². The summed E-state index contributed by atoms with van der Waals surface area (Å²) < 4.78 is 28.2. The number of benzene rings is 2. The van der Waals surface area contributed by atoms with Gasteiger partial charge in [-0.25, -0.2) is 8.78 Å². The van der Waals surface area contributed by atoms with Crippen LogP contribution in [0.3, 0.4) is 0 Å². The molecule has 0 aromatic heterocycles. The van der Waals surface area contributed by atoms with Crippen LogP contribution in [0.25, 0.3) is 6.08 Å². The quantitative estimate of drug-likeness (QED) is 0.713. The summed E-state index contributed by atoms with van der Waals surface area (Å²) in [6.07, 6.45) is 3.87. The highest BCUT2D eigenvalue weighted by atomic mass is 79.9. The second kappa shape index (κ2) is 9.10. The highest BCUT2D eigenvalue weighted by Gasteiger charge is 2.25. The maximum Gasteiger partial charge on any atom is 0.256 e. The van der Waals surface area contributed by atoms with Crippen molar-refractivity contribution in [1.82, 2.24) is 10.2 Å². The molecule has 146 valence electrons. The number of likely N-dealkylation sites (tertiary alicyclic amines) is 1. The van der Waals surface area contributed by atoms with Gasteiger partial charge in [0, 0.05) is 35.2 Å². The van der Waals surface area contributed by atoms with E-state index in [0.717, 1.165) is 4.47 Å². The number of hydrogen-bond acceptors (Lipinski definition) is 2. The van der Waals surface area contributed by atoms with Crippen molar-refractivity contribution in [2.75, 3.05) is 13.1 Å². The molecule has 28 heavy (non-hydrogen) atoms. The van der Waals surface area contributed by atoms with Crippen molar-refractivity contribution in [3.05, 3.63) is 75.8 Å². The van der Waals surface area contributed by atoms with E-state index in [4.69, 9.17) is 0 Å². The molecule has 0 saturated carbocycles. The third kappa shape index (κ3) is 5.04. The van der Waals surface area contributed by atoms with Crippen LogP contribution < -0.4 is 5.32 Å². The molecule has 1 N–H and O–H groups in total. The van der Waals surface area contributed by atoms with Crippen LogP contribution in [0.2, 0.25) is 0 Å². The minimum Gasteiger partial charge on any atom is -0.350 e. The van der Waals surface area contributed by atoms with Crippen LogP contribution in [0.15, 0.2) is 53.0 Å². The Labute approximate surface area is 170 Å². The highest BCUT2D eigenvalue weighted by Crippen LogP contribution is 2.18. The summed E-state index contributed by atoms with van der Waals surface area (Å²) in [5.41, 5.74) is 0.374. The van der Waals surface area contributed by atoms with E-state index in [9.17, 15) is 18.4 Å². The molecule has 0 spiro atoms. The molecule has 2 aromatic carbocycles. The van der Waals surface area contributed by atoms with Crippen LogP contribution in [0.1, 0.15) is 28.8 Å². The van der Waals surface area contributed by atoms with Gasteiger partial charge in [0.05, 0.1) is 5.56 Å². The number of hydrogen-bond donors (Lipinski definition) is 1. The van der Waals surface area contributed by atoms with Gasteiger partial charge in [-0.05, 0) is 49.2 Å². The lowest BCUT2D eigenvalue weighted by Gasteiger charge is -2.32. The Bertz CT molecular complexity index is 909. The molecule has 0 atom stereocenters. The number of carbonyl (C=O) groups excluding carboxylic acids is 2. The Morgan fingerprint density at radius 2 is 1.79 bits per heavy atom. The van der Waals surface area contributed by atoms with Gasteiger partial charge < -0.3 is 10.2 Å². The van der Waals surface area contributed by atoms with Crippen LogP contribution in [0.4, 0.5) is 8.78 Å². The lowest BCUT2D eigenvalue weighted by Crippen LogP contribution is -2.46. The van der Waals surface area contributed by atoms with Crippen LogP contribution in [0, 0.1) is 11.6 Å². The predicted molar refractivity (Wildman–Crippen MR) is 107 cm³/mol. The third-order valence-electron chi connectivity index (χ3n) is 4.61. The maximum atomic E-state index is 13.8. The molecule has 0 unspecified atom stereocenters. The number of amides is 2. The number of halogens is 3. The molecule has 2 aromatic rings. The standard InChI is InChI=1S/C21H19BrF2N2O2/c22-15-6-7-18(23)14(13-15)5-8-20(27)25-16-9-11-26(12-10-16)21(28)17-3-1-2-4-19(17)24/h1-8,13,16H,9-12H2,(H,25,27). The van der Waals surface area contributed by atoms with Crippen molar-refractivity contribution in [3.8, 4) is 0 Å². The highest BCUT2D eigenvalue weighted by molar-refractivity contribution is 9.10. The average Bonchev–Trinajstić information content (AvgIpc) is 2.69. The Hall–Kier alpha value is -2.54. The molecule has 1 aliphatic heterocycles. The van der Waals surface area contributed by atoms with Crippen molar-refractivity contribution < 1.29 is 18.4 Å². The fraction of sp³-hybridized carbons (Fsp3) is 0.238. The lowest BCUT2D eigenvalue weighted by atomic mass is 10.0. The van der Waals surface area contributed by atoms with E-state index in [1.54, 1.807) is 29.2 Å². The summed E-state index contributed by atoms with van der Waals surface area (Å²) in [6.45, 7) is 0.865. The Morgan fingerprint density at radius 1 is 1.07 bits per heavy atom. The first-order chi connectivity index (χ1) is 13.4. The summed E-state index contributed by atoms with van der Waals surface area (Å²) >= 11 is 3.26. The zero-order valence-electron chi connectivity index (χ0n) is 15.0. The van der Waals surface area contributed by atoms with Gasteiger partial charge >= 0.3 is 0 Å². The van der Waals surface area contributed by atoms with Gasteiger partial charge in [0.1, 0.15) is 11.6 Å². The molecule has 1 saturated heterocycles. The molecular formula is C21H19BrF2N2O2. The van der Waals surface area contributed by atoms with Gasteiger partial charge in [0.2, 0.25) is 5.91 Å². The Balaban J connectivity index is 1.52. The minimum atomic E-state index is -0.534. The number of rotatable bonds is 4. The van der Waals surface area contributed by atoms with E-state index >= 15 is 0 Å². The molecule has 4 nitrogen and oxygen atoms in total. The SMILES string of the molecule is O=C(C=Cc1cc(Br)ccc1F)NC1CCN(C(=O)c2ccccc2F)CC1.